The lowest BCUT2D eigenvalue weighted by Crippen LogP contribution is -2.75. The molecule has 0 aromatic heterocycles. The van der Waals surface area contributed by atoms with Crippen molar-refractivity contribution in [3.05, 3.63) is 36.4 Å². The quantitative estimate of drug-likeness (QED) is 0.493. The Bertz CT molecular complexity index is 425. The first-order valence-corrected chi connectivity index (χ1v) is 5.49. The lowest BCUT2D eigenvalue weighted by molar-refractivity contribution is -0.447. The molecule has 0 radical (unpaired) electrons. The molecule has 0 bridgehead atoms. The van der Waals surface area contributed by atoms with Gasteiger partial charge in [-0.25, -0.2) is 0 Å². The van der Waals surface area contributed by atoms with E-state index in [-0.39, 0.29) is 0 Å². The molecule has 90 valence electrons. The number of rotatable bonds is 4. The summed E-state index contributed by atoms with van der Waals surface area (Å²) in [6.45, 7) is 5.82. The fraction of sp³-hybridized carbons (Fsp3) is 0.250. The van der Waals surface area contributed by atoms with Crippen molar-refractivity contribution >= 4 is 11.7 Å². The molecule has 0 saturated carbocycles. The van der Waals surface area contributed by atoms with Crippen molar-refractivity contribution in [1.29, 1.82) is 0 Å². The van der Waals surface area contributed by atoms with E-state index < -0.39 is 0 Å². The molecule has 5 heteroatoms. The molecule has 0 spiro atoms. The fourth-order valence-electron chi connectivity index (χ4n) is 1.53. The summed E-state index contributed by atoms with van der Waals surface area (Å²) in [7, 11) is 1.65. The molecule has 0 saturated heterocycles. The number of nitrogens with one attached hydrogen (secondary N) is 4. The minimum Gasteiger partial charge on any atom is -0.497 e. The zero-order chi connectivity index (χ0) is 12.1. The number of ether oxygens (including phenoxy) is 1. The molecule has 1 aromatic rings. The van der Waals surface area contributed by atoms with E-state index in [1.165, 1.54) is 0 Å². The Morgan fingerprint density at radius 2 is 2.18 bits per heavy atom. The molecule has 5 nitrogen and oxygen atoms in total. The van der Waals surface area contributed by atoms with Gasteiger partial charge in [0.1, 0.15) is 5.75 Å². The van der Waals surface area contributed by atoms with E-state index in [4.69, 9.17) is 4.74 Å². The number of methoxy groups -OCH3 is 1. The fourth-order valence-corrected chi connectivity index (χ4v) is 1.53. The molecule has 0 amide bonds. The molecule has 0 aliphatic carbocycles. The second-order valence-electron chi connectivity index (χ2n) is 3.69. The highest BCUT2D eigenvalue weighted by Crippen LogP contribution is 2.14. The summed E-state index contributed by atoms with van der Waals surface area (Å²) in [6.07, 6.45) is 0. The van der Waals surface area contributed by atoms with E-state index in [0.29, 0.717) is 0 Å². The monoisotopic (exact) mass is 233 g/mol. The van der Waals surface area contributed by atoms with Crippen molar-refractivity contribution in [2.24, 2.45) is 0 Å². The van der Waals surface area contributed by atoms with Crippen molar-refractivity contribution in [3.63, 3.8) is 0 Å². The van der Waals surface area contributed by atoms with Gasteiger partial charge in [0, 0.05) is 5.56 Å². The molecular formula is C12H17N4O+. The average Bonchev–Trinajstić information content (AvgIpc) is 2.89. The molecule has 17 heavy (non-hydrogen) atoms. The maximum Gasteiger partial charge on any atom is 0.365 e. The highest BCUT2D eigenvalue weighted by Gasteiger charge is 2.11. The van der Waals surface area contributed by atoms with Gasteiger partial charge in [0.15, 0.2) is 0 Å². The number of hydrogen-bond acceptors (Lipinski definition) is 4. The normalized spacial score (nSPS) is 13.6. The topological polar surface area (TPSA) is 59.3 Å². The summed E-state index contributed by atoms with van der Waals surface area (Å²) in [6, 6.07) is 7.72. The van der Waals surface area contributed by atoms with Gasteiger partial charge in [-0.15, -0.1) is 0 Å². The number of hydrazine groups is 1. The Morgan fingerprint density at radius 3 is 2.76 bits per heavy atom. The summed E-state index contributed by atoms with van der Waals surface area (Å²) in [5, 5.41) is 3.15. The van der Waals surface area contributed by atoms with Crippen LogP contribution in [0.15, 0.2) is 30.8 Å². The smallest absolute Gasteiger partial charge is 0.365 e. The van der Waals surface area contributed by atoms with Crippen LogP contribution in [0.5, 0.6) is 5.75 Å². The van der Waals surface area contributed by atoms with E-state index >= 15 is 0 Å². The van der Waals surface area contributed by atoms with Crippen LogP contribution in [0.2, 0.25) is 0 Å². The van der Waals surface area contributed by atoms with Crippen LogP contribution in [-0.2, 0) is 0 Å². The largest absolute Gasteiger partial charge is 0.497 e. The molecule has 1 heterocycles. The second kappa shape index (κ2) is 5.25. The maximum absolute atomic E-state index is 5.10. The van der Waals surface area contributed by atoms with Crippen LogP contribution in [0.25, 0.3) is 5.70 Å². The van der Waals surface area contributed by atoms with Crippen molar-refractivity contribution in [2.75, 3.05) is 20.2 Å². The van der Waals surface area contributed by atoms with Crippen molar-refractivity contribution < 1.29 is 9.73 Å². The van der Waals surface area contributed by atoms with Gasteiger partial charge in [-0.3, -0.25) is 15.7 Å². The van der Waals surface area contributed by atoms with Crippen molar-refractivity contribution in [2.45, 2.75) is 0 Å². The zero-order valence-electron chi connectivity index (χ0n) is 9.84. The molecular weight excluding hydrogens is 216 g/mol. The Morgan fingerprint density at radius 1 is 1.41 bits per heavy atom. The van der Waals surface area contributed by atoms with Gasteiger partial charge < -0.3 is 4.74 Å². The van der Waals surface area contributed by atoms with Crippen LogP contribution < -0.4 is 25.9 Å². The highest BCUT2D eigenvalue weighted by atomic mass is 16.5. The van der Waals surface area contributed by atoms with Gasteiger partial charge >= 0.3 is 5.96 Å². The Balaban J connectivity index is 1.90. The summed E-state index contributed by atoms with van der Waals surface area (Å²) in [5.41, 5.74) is 7.87. The summed E-state index contributed by atoms with van der Waals surface area (Å²) in [5.74, 6) is 1.71. The van der Waals surface area contributed by atoms with Gasteiger partial charge in [-0.05, 0) is 24.3 Å². The third-order valence-electron chi connectivity index (χ3n) is 2.51. The first-order valence-electron chi connectivity index (χ1n) is 5.49. The third kappa shape index (κ3) is 2.90. The van der Waals surface area contributed by atoms with Crippen LogP contribution in [0.3, 0.4) is 0 Å². The van der Waals surface area contributed by atoms with E-state index in [9.17, 15) is 0 Å². The van der Waals surface area contributed by atoms with Crippen LogP contribution in [0, 0.1) is 0 Å². The predicted octanol–water partition coefficient (Wildman–Crippen LogP) is -1.20. The van der Waals surface area contributed by atoms with Gasteiger partial charge in [0.2, 0.25) is 0 Å². The summed E-state index contributed by atoms with van der Waals surface area (Å²) >= 11 is 0. The van der Waals surface area contributed by atoms with Gasteiger partial charge in [0.25, 0.3) is 0 Å². The Kier molecular flexibility index (Phi) is 3.49. The minimum absolute atomic E-state index is 0.802. The van der Waals surface area contributed by atoms with Crippen molar-refractivity contribution in [1.82, 2.24) is 16.2 Å². The standard InChI is InChI=1S/C12H16N4O/c1-9(15-16-12-13-7-8-14-12)10-3-5-11(17-2)6-4-10/h3-6,15H,1,7-8H2,2H3,(H2,13,14,16)/p+1. The molecule has 0 atom stereocenters. The van der Waals surface area contributed by atoms with Crippen LogP contribution in [-0.4, -0.2) is 26.2 Å². The predicted molar refractivity (Wildman–Crippen MR) is 67.1 cm³/mol. The molecule has 1 aliphatic heterocycles. The molecule has 0 fully saturated rings. The van der Waals surface area contributed by atoms with Crippen molar-refractivity contribution in [3.8, 4) is 5.75 Å². The van der Waals surface area contributed by atoms with Gasteiger partial charge in [-0.1, -0.05) is 6.58 Å². The number of benzene rings is 1. The molecule has 1 aromatic carbocycles. The summed E-state index contributed by atoms with van der Waals surface area (Å²) < 4.78 is 5.10. The molecule has 4 N–H and O–H groups in total. The van der Waals surface area contributed by atoms with Gasteiger partial charge in [-0.2, -0.15) is 5.43 Å². The Labute approximate surface area is 101 Å². The average molecular weight is 233 g/mol. The molecule has 1 aliphatic rings. The number of hydrogen-bond donors (Lipinski definition) is 4. The minimum atomic E-state index is 0.802. The highest BCUT2D eigenvalue weighted by molar-refractivity contribution is 5.76. The SMILES string of the molecule is C=C(NNC1=[NH+]CCN1)c1ccc(OC)cc1. The van der Waals surface area contributed by atoms with Crippen LogP contribution in [0.4, 0.5) is 0 Å². The lowest BCUT2D eigenvalue weighted by atomic mass is 10.2. The maximum atomic E-state index is 5.10. The summed E-state index contributed by atoms with van der Waals surface area (Å²) in [4.78, 5) is 3.15. The third-order valence-corrected chi connectivity index (χ3v) is 2.51. The first kappa shape index (κ1) is 11.3. The zero-order valence-corrected chi connectivity index (χ0v) is 9.84. The van der Waals surface area contributed by atoms with Gasteiger partial charge in [0.05, 0.1) is 25.9 Å². The Hall–Kier alpha value is -2.17. The number of guanidine groups is 1. The van der Waals surface area contributed by atoms with E-state index in [2.05, 4.69) is 27.7 Å². The van der Waals surface area contributed by atoms with E-state index in [1.807, 2.05) is 24.3 Å². The van der Waals surface area contributed by atoms with E-state index in [0.717, 1.165) is 36.1 Å². The first-order chi connectivity index (χ1) is 8.29. The molecule has 2 rings (SSSR count). The van der Waals surface area contributed by atoms with Crippen LogP contribution >= 0.6 is 0 Å². The lowest BCUT2D eigenvalue weighted by Gasteiger charge is -2.08. The van der Waals surface area contributed by atoms with Crippen LogP contribution in [0.1, 0.15) is 5.56 Å². The van der Waals surface area contributed by atoms with E-state index in [1.54, 1.807) is 7.11 Å². The second-order valence-corrected chi connectivity index (χ2v) is 3.69. The molecule has 0 unspecified atom stereocenters.